The van der Waals surface area contributed by atoms with E-state index >= 15 is 0 Å². The molecule has 0 unspecified atom stereocenters. The van der Waals surface area contributed by atoms with E-state index in [9.17, 15) is 19.5 Å². The zero-order valence-corrected chi connectivity index (χ0v) is 18.4. The number of esters is 2. The fraction of sp³-hybridized carbons (Fsp3) is 0.286. The molecule has 0 aliphatic heterocycles. The summed E-state index contributed by atoms with van der Waals surface area (Å²) in [6, 6.07) is 8.62. The first-order chi connectivity index (χ1) is 14.8. The van der Waals surface area contributed by atoms with Crippen LogP contribution in [0.1, 0.15) is 46.4 Å². The van der Waals surface area contributed by atoms with Gasteiger partial charge in [-0.2, -0.15) is 0 Å². The van der Waals surface area contributed by atoms with Gasteiger partial charge in [0.15, 0.2) is 10.7 Å². The first-order valence-corrected chi connectivity index (χ1v) is 10.3. The first kappa shape index (κ1) is 23.7. The lowest BCUT2D eigenvalue weighted by molar-refractivity contribution is -0.113. The first-order valence-electron chi connectivity index (χ1n) is 9.45. The minimum atomic E-state index is -0.688. The van der Waals surface area contributed by atoms with Crippen molar-refractivity contribution >= 4 is 39.9 Å². The third-order valence-corrected chi connectivity index (χ3v) is 5.05. The molecular weight excluding hydrogens is 422 g/mol. The number of ether oxygens (including phenoxy) is 2. The van der Waals surface area contributed by atoms with Gasteiger partial charge in [-0.3, -0.25) is 4.79 Å². The minimum absolute atomic E-state index is 0.0528. The molecule has 2 N–H and O–H groups in total. The normalized spacial score (nSPS) is 11.7. The molecule has 2 rings (SSSR count). The number of azo groups is 1. The Morgan fingerprint density at radius 2 is 1.68 bits per heavy atom. The SMILES string of the molecule is CCOC(=O)c1sc(N=N/C(C(=O)Nc2ccccc2)=C(/C)O)c(C(=O)OCC)c1C. The number of hydrogen-bond donors (Lipinski definition) is 2. The lowest BCUT2D eigenvalue weighted by Gasteiger charge is -2.05. The maximum atomic E-state index is 12.5. The Morgan fingerprint density at radius 3 is 2.26 bits per heavy atom. The largest absolute Gasteiger partial charge is 0.510 e. The van der Waals surface area contributed by atoms with Crippen LogP contribution in [-0.2, 0) is 14.3 Å². The molecule has 0 fully saturated rings. The molecule has 31 heavy (non-hydrogen) atoms. The molecule has 9 nitrogen and oxygen atoms in total. The highest BCUT2D eigenvalue weighted by molar-refractivity contribution is 7.18. The summed E-state index contributed by atoms with van der Waals surface area (Å²) in [5.41, 5.74) is 0.556. The molecule has 0 aliphatic carbocycles. The Morgan fingerprint density at radius 1 is 1.06 bits per heavy atom. The van der Waals surface area contributed by atoms with Gasteiger partial charge in [0.2, 0.25) is 0 Å². The van der Waals surface area contributed by atoms with Crippen LogP contribution in [0.3, 0.4) is 0 Å². The number of para-hydroxylation sites is 1. The lowest BCUT2D eigenvalue weighted by atomic mass is 10.1. The average Bonchev–Trinajstić information content (AvgIpc) is 3.05. The van der Waals surface area contributed by atoms with Crippen LogP contribution in [0.15, 0.2) is 52.0 Å². The van der Waals surface area contributed by atoms with Gasteiger partial charge >= 0.3 is 11.9 Å². The van der Waals surface area contributed by atoms with Crippen molar-refractivity contribution < 1.29 is 29.0 Å². The molecule has 0 atom stereocenters. The van der Waals surface area contributed by atoms with E-state index in [1.165, 1.54) is 6.92 Å². The molecule has 0 saturated carbocycles. The van der Waals surface area contributed by atoms with Gasteiger partial charge < -0.3 is 19.9 Å². The lowest BCUT2D eigenvalue weighted by Crippen LogP contribution is -2.14. The molecule has 0 aliphatic rings. The van der Waals surface area contributed by atoms with E-state index in [2.05, 4.69) is 15.5 Å². The summed E-state index contributed by atoms with van der Waals surface area (Å²) < 4.78 is 10.1. The molecule has 1 heterocycles. The third-order valence-electron chi connectivity index (χ3n) is 3.90. The molecule has 10 heteroatoms. The van der Waals surface area contributed by atoms with E-state index in [-0.39, 0.29) is 40.1 Å². The summed E-state index contributed by atoms with van der Waals surface area (Å²) >= 11 is 0.886. The van der Waals surface area contributed by atoms with Crippen molar-refractivity contribution in [2.24, 2.45) is 10.2 Å². The van der Waals surface area contributed by atoms with E-state index in [0.717, 1.165) is 11.3 Å². The van der Waals surface area contributed by atoms with Crippen molar-refractivity contribution in [2.75, 3.05) is 18.5 Å². The smallest absolute Gasteiger partial charge is 0.348 e. The van der Waals surface area contributed by atoms with Crippen LogP contribution >= 0.6 is 11.3 Å². The monoisotopic (exact) mass is 445 g/mol. The number of thiophene rings is 1. The topological polar surface area (TPSA) is 127 Å². The van der Waals surface area contributed by atoms with Crippen LogP contribution in [0.5, 0.6) is 0 Å². The number of nitrogens with zero attached hydrogens (tertiary/aromatic N) is 2. The summed E-state index contributed by atoms with van der Waals surface area (Å²) in [5, 5.41) is 20.4. The number of aliphatic hydroxyl groups excluding tert-OH is 1. The molecule has 2 aromatic rings. The van der Waals surface area contributed by atoms with Gasteiger partial charge in [-0.25, -0.2) is 9.59 Å². The standard InChI is InChI=1S/C21H23N3O6S/c1-5-29-20(27)15-12(3)17(21(28)30-6-2)31-19(15)24-23-16(13(4)25)18(26)22-14-10-8-7-9-11-14/h7-11,25H,5-6H2,1-4H3,(H,22,26)/b16-13-,24-23?. The number of allylic oxidation sites excluding steroid dienone is 1. The fourth-order valence-corrected chi connectivity index (χ4v) is 3.50. The highest BCUT2D eigenvalue weighted by Gasteiger charge is 2.27. The Balaban J connectivity index is 2.42. The minimum Gasteiger partial charge on any atom is -0.510 e. The maximum absolute atomic E-state index is 12.5. The fourth-order valence-electron chi connectivity index (χ4n) is 2.49. The number of carbonyl (C=O) groups is 3. The van der Waals surface area contributed by atoms with Crippen molar-refractivity contribution in [3.63, 3.8) is 0 Å². The highest BCUT2D eigenvalue weighted by atomic mass is 32.1. The Labute approximate surface area is 183 Å². The van der Waals surface area contributed by atoms with Gasteiger partial charge in [0.1, 0.15) is 16.2 Å². The van der Waals surface area contributed by atoms with Gasteiger partial charge in [-0.15, -0.1) is 21.6 Å². The second-order valence-corrected chi connectivity index (χ2v) is 7.13. The molecule has 0 saturated heterocycles. The molecule has 164 valence electrons. The number of aliphatic hydroxyl groups is 1. The van der Waals surface area contributed by atoms with Crippen LogP contribution in [0.4, 0.5) is 10.7 Å². The van der Waals surface area contributed by atoms with E-state index in [0.29, 0.717) is 11.3 Å². The Bertz CT molecular complexity index is 1020. The second-order valence-electron chi connectivity index (χ2n) is 6.13. The summed E-state index contributed by atoms with van der Waals surface area (Å²) in [6.07, 6.45) is 0. The van der Waals surface area contributed by atoms with E-state index in [1.807, 2.05) is 0 Å². The molecule has 1 amide bonds. The van der Waals surface area contributed by atoms with E-state index < -0.39 is 17.8 Å². The quantitative estimate of drug-likeness (QED) is 0.257. The van der Waals surface area contributed by atoms with Crippen molar-refractivity contribution in [2.45, 2.75) is 27.7 Å². The predicted octanol–water partition coefficient (Wildman–Crippen LogP) is 4.92. The van der Waals surface area contributed by atoms with Gasteiger partial charge in [0.05, 0.1) is 13.2 Å². The Hall–Kier alpha value is -3.53. The highest BCUT2D eigenvalue weighted by Crippen LogP contribution is 2.37. The molecule has 0 bridgehead atoms. The van der Waals surface area contributed by atoms with Crippen LogP contribution in [-0.4, -0.2) is 36.2 Å². The van der Waals surface area contributed by atoms with E-state index in [1.54, 1.807) is 51.1 Å². The molecular formula is C21H23N3O6S. The number of nitrogens with one attached hydrogen (secondary N) is 1. The van der Waals surface area contributed by atoms with Crippen LogP contribution in [0, 0.1) is 6.92 Å². The summed E-state index contributed by atoms with van der Waals surface area (Å²) in [4.78, 5) is 37.3. The van der Waals surface area contributed by atoms with Crippen molar-refractivity contribution in [1.82, 2.24) is 0 Å². The second kappa shape index (κ2) is 11.0. The predicted molar refractivity (Wildman–Crippen MR) is 116 cm³/mol. The Kier molecular flexibility index (Phi) is 8.44. The summed E-state index contributed by atoms with van der Waals surface area (Å²) in [5.74, 6) is -2.34. The molecule has 0 spiro atoms. The number of rotatable bonds is 8. The van der Waals surface area contributed by atoms with Crippen LogP contribution < -0.4 is 5.32 Å². The molecule has 0 radical (unpaired) electrons. The van der Waals surface area contributed by atoms with Gasteiger partial charge in [0.25, 0.3) is 5.91 Å². The van der Waals surface area contributed by atoms with Crippen LogP contribution in [0.25, 0.3) is 0 Å². The zero-order chi connectivity index (χ0) is 23.0. The van der Waals surface area contributed by atoms with E-state index in [4.69, 9.17) is 9.47 Å². The third kappa shape index (κ3) is 5.98. The molecule has 1 aromatic carbocycles. The van der Waals surface area contributed by atoms with Crippen molar-refractivity contribution in [1.29, 1.82) is 0 Å². The zero-order valence-electron chi connectivity index (χ0n) is 17.6. The van der Waals surface area contributed by atoms with Gasteiger partial charge in [-0.05, 0) is 45.4 Å². The van der Waals surface area contributed by atoms with Crippen LogP contribution in [0.2, 0.25) is 0 Å². The van der Waals surface area contributed by atoms with Gasteiger partial charge in [-0.1, -0.05) is 18.2 Å². The molecule has 1 aromatic heterocycles. The number of carbonyl (C=O) groups excluding carboxylic acids is 3. The van der Waals surface area contributed by atoms with Crippen molar-refractivity contribution in [3.05, 3.63) is 57.8 Å². The van der Waals surface area contributed by atoms with Crippen molar-refractivity contribution in [3.8, 4) is 0 Å². The maximum Gasteiger partial charge on any atom is 0.348 e. The summed E-state index contributed by atoms with van der Waals surface area (Å²) in [6.45, 7) is 6.47. The number of anilines is 1. The number of benzene rings is 1. The number of hydrogen-bond acceptors (Lipinski definition) is 9. The number of amides is 1. The van der Waals surface area contributed by atoms with Gasteiger partial charge in [0, 0.05) is 5.69 Å². The summed E-state index contributed by atoms with van der Waals surface area (Å²) in [7, 11) is 0. The average molecular weight is 445 g/mol.